The minimum atomic E-state index is -0.206. The van der Waals surface area contributed by atoms with Gasteiger partial charge in [-0.1, -0.05) is 18.6 Å². The van der Waals surface area contributed by atoms with Crippen molar-refractivity contribution in [2.24, 2.45) is 0 Å². The number of nitrogens with zero attached hydrogens (tertiary/aromatic N) is 1. The predicted octanol–water partition coefficient (Wildman–Crippen LogP) is 2.62. The Balaban J connectivity index is 1.81. The van der Waals surface area contributed by atoms with Crippen LogP contribution in [0.5, 0.6) is 0 Å². The van der Waals surface area contributed by atoms with Crippen LogP contribution in [0.1, 0.15) is 37.3 Å². The van der Waals surface area contributed by atoms with E-state index in [-0.39, 0.29) is 11.7 Å². The Hall–Kier alpha value is -1.42. The molecule has 1 aliphatic heterocycles. The fourth-order valence-electron chi connectivity index (χ4n) is 2.65. The van der Waals surface area contributed by atoms with Crippen molar-refractivity contribution >= 4 is 5.91 Å². The summed E-state index contributed by atoms with van der Waals surface area (Å²) < 4.78 is 13.2. The third-order valence-electron chi connectivity index (χ3n) is 4.00. The highest BCUT2D eigenvalue weighted by atomic mass is 19.1. The highest BCUT2D eigenvalue weighted by Crippen LogP contribution is 2.15. The molecule has 1 fully saturated rings. The second-order valence-corrected chi connectivity index (χ2v) is 5.68. The van der Waals surface area contributed by atoms with Gasteiger partial charge in [-0.05, 0) is 50.4 Å². The number of hydrogen-bond donors (Lipinski definition) is 1. The van der Waals surface area contributed by atoms with Crippen molar-refractivity contribution in [2.75, 3.05) is 13.1 Å². The molecule has 20 heavy (non-hydrogen) atoms. The first-order valence-corrected chi connectivity index (χ1v) is 7.32. The maximum Gasteiger partial charge on any atom is 0.234 e. The maximum atomic E-state index is 13.2. The van der Waals surface area contributed by atoms with Crippen LogP contribution in [0.25, 0.3) is 0 Å². The first-order chi connectivity index (χ1) is 9.56. The fraction of sp³-hybridized carbons (Fsp3) is 0.562. The van der Waals surface area contributed by atoms with Gasteiger partial charge in [0.1, 0.15) is 5.82 Å². The van der Waals surface area contributed by atoms with E-state index in [1.165, 1.54) is 25.3 Å². The molecule has 1 aromatic rings. The van der Waals surface area contributed by atoms with Gasteiger partial charge in [-0.25, -0.2) is 4.39 Å². The van der Waals surface area contributed by atoms with Crippen molar-refractivity contribution in [3.8, 4) is 0 Å². The number of aryl methyl sites for hydroxylation is 1. The van der Waals surface area contributed by atoms with Gasteiger partial charge in [0, 0.05) is 12.6 Å². The van der Waals surface area contributed by atoms with Gasteiger partial charge in [-0.3, -0.25) is 9.69 Å². The summed E-state index contributed by atoms with van der Waals surface area (Å²) in [5.74, 6) is -0.164. The van der Waals surface area contributed by atoms with E-state index in [2.05, 4.69) is 17.1 Å². The first kappa shape index (κ1) is 15.0. The molecule has 3 nitrogen and oxygen atoms in total. The van der Waals surface area contributed by atoms with Gasteiger partial charge >= 0.3 is 0 Å². The fourth-order valence-corrected chi connectivity index (χ4v) is 2.65. The van der Waals surface area contributed by atoms with Crippen LogP contribution in [0.15, 0.2) is 18.2 Å². The van der Waals surface area contributed by atoms with Crippen molar-refractivity contribution in [2.45, 2.75) is 45.7 Å². The van der Waals surface area contributed by atoms with Crippen molar-refractivity contribution in [1.82, 2.24) is 10.2 Å². The molecule has 1 aromatic carbocycles. The Morgan fingerprint density at radius 3 is 2.95 bits per heavy atom. The van der Waals surface area contributed by atoms with Crippen LogP contribution in [-0.4, -0.2) is 29.9 Å². The molecule has 1 unspecified atom stereocenters. The lowest BCUT2D eigenvalue weighted by Crippen LogP contribution is -2.44. The molecule has 4 heteroatoms. The number of halogens is 1. The number of carbonyl (C=O) groups is 1. The number of benzene rings is 1. The molecular formula is C16H23FN2O. The van der Waals surface area contributed by atoms with Gasteiger partial charge in [0.05, 0.1) is 6.54 Å². The number of hydrogen-bond acceptors (Lipinski definition) is 2. The van der Waals surface area contributed by atoms with E-state index in [9.17, 15) is 9.18 Å². The lowest BCUT2D eigenvalue weighted by molar-refractivity contribution is -0.123. The third-order valence-corrected chi connectivity index (χ3v) is 4.00. The Bertz CT molecular complexity index is 476. The summed E-state index contributed by atoms with van der Waals surface area (Å²) in [5, 5.41) is 2.91. The van der Waals surface area contributed by atoms with Crippen LogP contribution in [0.3, 0.4) is 0 Å². The number of amides is 1. The molecule has 1 aliphatic rings. The predicted molar refractivity (Wildman–Crippen MR) is 77.9 cm³/mol. The normalized spacial score (nSPS) is 19.9. The molecule has 1 saturated heterocycles. The second kappa shape index (κ2) is 6.84. The van der Waals surface area contributed by atoms with E-state index >= 15 is 0 Å². The van der Waals surface area contributed by atoms with Crippen LogP contribution in [-0.2, 0) is 11.3 Å². The van der Waals surface area contributed by atoms with Crippen LogP contribution >= 0.6 is 0 Å². The van der Waals surface area contributed by atoms with Gasteiger partial charge in [0.25, 0.3) is 0 Å². The molecule has 0 radical (unpaired) electrons. The Morgan fingerprint density at radius 2 is 2.25 bits per heavy atom. The van der Waals surface area contributed by atoms with Crippen molar-refractivity contribution in [1.29, 1.82) is 0 Å². The lowest BCUT2D eigenvalue weighted by atomic mass is 10.0. The molecule has 0 aromatic heterocycles. The molecule has 0 spiro atoms. The Kier molecular flexibility index (Phi) is 5.12. The molecule has 110 valence electrons. The average Bonchev–Trinajstić information content (AvgIpc) is 2.43. The molecule has 0 bridgehead atoms. The van der Waals surface area contributed by atoms with Crippen LogP contribution in [0, 0.1) is 12.7 Å². The lowest BCUT2D eigenvalue weighted by Gasteiger charge is -2.32. The van der Waals surface area contributed by atoms with Crippen LogP contribution in [0.2, 0.25) is 0 Å². The minimum Gasteiger partial charge on any atom is -0.351 e. The molecule has 0 aliphatic carbocycles. The molecule has 1 amide bonds. The third kappa shape index (κ3) is 4.04. The number of likely N-dealkylation sites (tertiary alicyclic amines) is 1. The summed E-state index contributed by atoms with van der Waals surface area (Å²) in [4.78, 5) is 14.2. The minimum absolute atomic E-state index is 0.0423. The zero-order chi connectivity index (χ0) is 14.5. The summed E-state index contributed by atoms with van der Waals surface area (Å²) in [6.45, 7) is 5.83. The smallest absolute Gasteiger partial charge is 0.234 e. The zero-order valence-electron chi connectivity index (χ0n) is 12.3. The van der Waals surface area contributed by atoms with Crippen LogP contribution < -0.4 is 5.32 Å². The molecule has 0 saturated carbocycles. The quantitative estimate of drug-likeness (QED) is 0.918. The zero-order valence-corrected chi connectivity index (χ0v) is 12.3. The molecular weight excluding hydrogens is 255 g/mol. The van der Waals surface area contributed by atoms with E-state index in [0.29, 0.717) is 24.7 Å². The largest absolute Gasteiger partial charge is 0.351 e. The average molecular weight is 278 g/mol. The topological polar surface area (TPSA) is 32.3 Å². The molecule has 1 N–H and O–H groups in total. The highest BCUT2D eigenvalue weighted by Gasteiger charge is 2.20. The van der Waals surface area contributed by atoms with E-state index in [0.717, 1.165) is 12.1 Å². The highest BCUT2D eigenvalue weighted by molar-refractivity contribution is 5.78. The van der Waals surface area contributed by atoms with Crippen molar-refractivity contribution in [3.05, 3.63) is 35.1 Å². The Morgan fingerprint density at radius 1 is 1.45 bits per heavy atom. The number of rotatable bonds is 4. The summed E-state index contributed by atoms with van der Waals surface area (Å²) in [5.41, 5.74) is 1.55. The molecule has 2 rings (SSSR count). The molecule has 1 atom stereocenters. The summed E-state index contributed by atoms with van der Waals surface area (Å²) >= 11 is 0. The van der Waals surface area contributed by atoms with Gasteiger partial charge in [0.15, 0.2) is 0 Å². The Labute approximate surface area is 120 Å². The molecule has 1 heterocycles. The summed E-state index contributed by atoms with van der Waals surface area (Å²) in [6, 6.07) is 5.43. The van der Waals surface area contributed by atoms with Crippen molar-refractivity contribution < 1.29 is 9.18 Å². The van der Waals surface area contributed by atoms with Crippen LogP contribution in [0.4, 0.5) is 4.39 Å². The summed E-state index contributed by atoms with van der Waals surface area (Å²) in [7, 11) is 0. The van der Waals surface area contributed by atoms with Gasteiger partial charge in [-0.2, -0.15) is 0 Å². The van der Waals surface area contributed by atoms with E-state index in [1.807, 2.05) is 0 Å². The van der Waals surface area contributed by atoms with E-state index < -0.39 is 0 Å². The van der Waals surface area contributed by atoms with E-state index in [4.69, 9.17) is 0 Å². The number of piperidine rings is 1. The van der Waals surface area contributed by atoms with Gasteiger partial charge in [-0.15, -0.1) is 0 Å². The first-order valence-electron chi connectivity index (χ1n) is 7.32. The van der Waals surface area contributed by atoms with Gasteiger partial charge in [0.2, 0.25) is 5.91 Å². The van der Waals surface area contributed by atoms with E-state index in [1.54, 1.807) is 19.1 Å². The second-order valence-electron chi connectivity index (χ2n) is 5.68. The SMILES string of the molecule is Cc1cc(CNC(=O)CN2CCCCC2C)ccc1F. The summed E-state index contributed by atoms with van der Waals surface area (Å²) in [6.07, 6.45) is 3.60. The number of carbonyl (C=O) groups excluding carboxylic acids is 1. The maximum absolute atomic E-state index is 13.2. The van der Waals surface area contributed by atoms with Crippen molar-refractivity contribution in [3.63, 3.8) is 0 Å². The standard InChI is InChI=1S/C16H23FN2O/c1-12-9-14(6-7-15(12)17)10-18-16(20)11-19-8-4-3-5-13(19)2/h6-7,9,13H,3-5,8,10-11H2,1-2H3,(H,18,20). The monoisotopic (exact) mass is 278 g/mol. The number of nitrogens with one attached hydrogen (secondary N) is 1. The van der Waals surface area contributed by atoms with Gasteiger partial charge < -0.3 is 5.32 Å².